The molecule has 0 amide bonds. The van der Waals surface area contributed by atoms with E-state index in [2.05, 4.69) is 66.2 Å². The van der Waals surface area contributed by atoms with Gasteiger partial charge in [-0.1, -0.05) is 52.7 Å². The Morgan fingerprint density at radius 2 is 1.56 bits per heavy atom. The second-order valence-corrected chi connectivity index (χ2v) is 5.46. The van der Waals surface area contributed by atoms with Gasteiger partial charge in [-0.25, -0.2) is 0 Å². The average molecular weight is 273 g/mol. The van der Waals surface area contributed by atoms with Gasteiger partial charge < -0.3 is 0 Å². The van der Waals surface area contributed by atoms with Crippen molar-refractivity contribution in [2.24, 2.45) is 0 Å². The van der Waals surface area contributed by atoms with Crippen molar-refractivity contribution < 1.29 is 0 Å². The van der Waals surface area contributed by atoms with E-state index in [1.807, 2.05) is 0 Å². The van der Waals surface area contributed by atoms with Gasteiger partial charge in [-0.2, -0.15) is 0 Å². The summed E-state index contributed by atoms with van der Waals surface area (Å²) in [5.74, 6) is 0.527. The van der Waals surface area contributed by atoms with Crippen LogP contribution in [-0.4, -0.2) is 0 Å². The fourth-order valence-corrected chi connectivity index (χ4v) is 2.95. The SMILES string of the molecule is Cc1ccc2c(c1)-c1cc(Br)ccc1C2C. The molecule has 0 spiro atoms. The third kappa shape index (κ3) is 1.35. The van der Waals surface area contributed by atoms with Gasteiger partial charge in [0.1, 0.15) is 0 Å². The number of aryl methyl sites for hydroxylation is 1. The molecule has 0 bridgehead atoms. The van der Waals surface area contributed by atoms with E-state index in [1.54, 1.807) is 0 Å². The summed E-state index contributed by atoms with van der Waals surface area (Å²) in [4.78, 5) is 0. The van der Waals surface area contributed by atoms with Gasteiger partial charge in [-0.15, -0.1) is 0 Å². The summed E-state index contributed by atoms with van der Waals surface area (Å²) in [6.07, 6.45) is 0. The molecule has 16 heavy (non-hydrogen) atoms. The molecule has 80 valence electrons. The van der Waals surface area contributed by atoms with E-state index >= 15 is 0 Å². The summed E-state index contributed by atoms with van der Waals surface area (Å²) in [6.45, 7) is 4.44. The van der Waals surface area contributed by atoms with Crippen molar-refractivity contribution >= 4 is 15.9 Å². The third-order valence-corrected chi connectivity index (χ3v) is 3.94. The fraction of sp³-hybridized carbons (Fsp3) is 0.200. The topological polar surface area (TPSA) is 0 Å². The molecule has 2 aromatic carbocycles. The van der Waals surface area contributed by atoms with Crippen LogP contribution in [0.15, 0.2) is 40.9 Å². The molecule has 0 heterocycles. The Bertz CT molecular complexity index is 518. The molecule has 1 aliphatic carbocycles. The van der Waals surface area contributed by atoms with Gasteiger partial charge in [0.2, 0.25) is 0 Å². The van der Waals surface area contributed by atoms with E-state index in [0.717, 1.165) is 4.47 Å². The van der Waals surface area contributed by atoms with Crippen LogP contribution in [0.3, 0.4) is 0 Å². The number of benzene rings is 2. The minimum atomic E-state index is 0.527. The molecule has 2 aromatic rings. The minimum absolute atomic E-state index is 0.527. The first kappa shape index (κ1) is 10.1. The number of fused-ring (bicyclic) bond motifs is 3. The second kappa shape index (κ2) is 3.46. The van der Waals surface area contributed by atoms with Crippen LogP contribution in [0.25, 0.3) is 11.1 Å². The van der Waals surface area contributed by atoms with Crippen LogP contribution in [0.1, 0.15) is 29.5 Å². The molecule has 0 N–H and O–H groups in total. The van der Waals surface area contributed by atoms with E-state index in [4.69, 9.17) is 0 Å². The van der Waals surface area contributed by atoms with Gasteiger partial charge >= 0.3 is 0 Å². The van der Waals surface area contributed by atoms with Gasteiger partial charge in [-0.3, -0.25) is 0 Å². The number of hydrogen-bond acceptors (Lipinski definition) is 0. The lowest BCUT2D eigenvalue weighted by atomic mass is 9.99. The summed E-state index contributed by atoms with van der Waals surface area (Å²) < 4.78 is 1.16. The Morgan fingerprint density at radius 3 is 2.31 bits per heavy atom. The molecule has 0 saturated carbocycles. The van der Waals surface area contributed by atoms with Crippen molar-refractivity contribution in [3.63, 3.8) is 0 Å². The lowest BCUT2D eigenvalue weighted by Gasteiger charge is -2.05. The highest BCUT2D eigenvalue weighted by Gasteiger charge is 2.24. The smallest absolute Gasteiger partial charge is 0.0181 e. The molecule has 0 aromatic heterocycles. The molecule has 1 heteroatoms. The largest absolute Gasteiger partial charge is 0.0590 e. The Labute approximate surface area is 104 Å². The highest BCUT2D eigenvalue weighted by molar-refractivity contribution is 9.10. The van der Waals surface area contributed by atoms with Crippen LogP contribution >= 0.6 is 15.9 Å². The van der Waals surface area contributed by atoms with Crippen LogP contribution in [-0.2, 0) is 0 Å². The van der Waals surface area contributed by atoms with Crippen molar-refractivity contribution in [1.82, 2.24) is 0 Å². The predicted molar refractivity (Wildman–Crippen MR) is 71.8 cm³/mol. The zero-order valence-electron chi connectivity index (χ0n) is 9.42. The first-order valence-electron chi connectivity index (χ1n) is 5.57. The monoisotopic (exact) mass is 272 g/mol. The van der Waals surface area contributed by atoms with Gasteiger partial charge in [0.25, 0.3) is 0 Å². The van der Waals surface area contributed by atoms with Crippen molar-refractivity contribution in [1.29, 1.82) is 0 Å². The molecule has 1 aliphatic rings. The van der Waals surface area contributed by atoms with Gasteiger partial charge in [-0.05, 0) is 41.3 Å². The molecule has 0 fully saturated rings. The maximum Gasteiger partial charge on any atom is 0.0181 e. The number of hydrogen-bond donors (Lipinski definition) is 0. The molecule has 3 rings (SSSR count). The van der Waals surface area contributed by atoms with Crippen LogP contribution < -0.4 is 0 Å². The quantitative estimate of drug-likeness (QED) is 0.641. The average Bonchev–Trinajstić information content (AvgIpc) is 2.52. The molecule has 1 atom stereocenters. The Kier molecular flexibility index (Phi) is 2.18. The highest BCUT2D eigenvalue weighted by atomic mass is 79.9. The van der Waals surface area contributed by atoms with Crippen molar-refractivity contribution in [2.75, 3.05) is 0 Å². The Hall–Kier alpha value is -1.08. The molecule has 0 aliphatic heterocycles. The van der Waals surface area contributed by atoms with Crippen LogP contribution in [0.2, 0.25) is 0 Å². The molecule has 1 unspecified atom stereocenters. The van der Waals surface area contributed by atoms with E-state index in [1.165, 1.54) is 27.8 Å². The molecule has 0 saturated heterocycles. The van der Waals surface area contributed by atoms with Gasteiger partial charge in [0.15, 0.2) is 0 Å². The van der Waals surface area contributed by atoms with E-state index < -0.39 is 0 Å². The summed E-state index contributed by atoms with van der Waals surface area (Å²) >= 11 is 3.56. The van der Waals surface area contributed by atoms with Crippen molar-refractivity contribution in [3.05, 3.63) is 57.6 Å². The predicted octanol–water partition coefficient (Wildman–Crippen LogP) is 4.89. The third-order valence-electron chi connectivity index (χ3n) is 3.45. The first-order chi connectivity index (χ1) is 7.66. The Morgan fingerprint density at radius 1 is 0.938 bits per heavy atom. The fourth-order valence-electron chi connectivity index (χ4n) is 2.59. The zero-order chi connectivity index (χ0) is 11.3. The van der Waals surface area contributed by atoms with Crippen LogP contribution in [0.4, 0.5) is 0 Å². The Balaban J connectivity index is 2.33. The van der Waals surface area contributed by atoms with E-state index in [0.29, 0.717) is 5.92 Å². The molecular weight excluding hydrogens is 260 g/mol. The minimum Gasteiger partial charge on any atom is -0.0590 e. The summed E-state index contributed by atoms with van der Waals surface area (Å²) in [5.41, 5.74) is 7.03. The maximum atomic E-state index is 3.56. The lowest BCUT2D eigenvalue weighted by molar-refractivity contribution is 0.955. The first-order valence-corrected chi connectivity index (χ1v) is 6.36. The lowest BCUT2D eigenvalue weighted by Crippen LogP contribution is -1.88. The standard InChI is InChI=1S/C15H13Br/c1-9-3-5-12-10(2)13-6-4-11(16)8-15(13)14(12)7-9/h3-8,10H,1-2H3. The number of halogens is 1. The van der Waals surface area contributed by atoms with Gasteiger partial charge in [0.05, 0.1) is 0 Å². The summed E-state index contributed by atoms with van der Waals surface area (Å²) in [7, 11) is 0. The normalized spacial score (nSPS) is 17.1. The highest BCUT2D eigenvalue weighted by Crippen LogP contribution is 2.45. The van der Waals surface area contributed by atoms with E-state index in [9.17, 15) is 0 Å². The molecular formula is C15H13Br. The number of rotatable bonds is 0. The van der Waals surface area contributed by atoms with Crippen LogP contribution in [0, 0.1) is 6.92 Å². The van der Waals surface area contributed by atoms with Crippen LogP contribution in [0.5, 0.6) is 0 Å². The van der Waals surface area contributed by atoms with E-state index in [-0.39, 0.29) is 0 Å². The van der Waals surface area contributed by atoms with Gasteiger partial charge in [0, 0.05) is 10.4 Å². The zero-order valence-corrected chi connectivity index (χ0v) is 11.0. The summed E-state index contributed by atoms with van der Waals surface area (Å²) in [5, 5.41) is 0. The van der Waals surface area contributed by atoms with Crippen molar-refractivity contribution in [2.45, 2.75) is 19.8 Å². The summed E-state index contributed by atoms with van der Waals surface area (Å²) in [6, 6.07) is 13.4. The molecule has 0 nitrogen and oxygen atoms in total. The van der Waals surface area contributed by atoms with Crippen molar-refractivity contribution in [3.8, 4) is 11.1 Å². The molecule has 0 radical (unpaired) electrons. The second-order valence-electron chi connectivity index (χ2n) is 4.54. The maximum absolute atomic E-state index is 3.56.